The lowest BCUT2D eigenvalue weighted by Crippen LogP contribution is -2.48. The molecule has 1 aromatic carbocycles. The molecule has 1 atom stereocenters. The molecule has 2 aliphatic rings. The molecule has 1 aliphatic heterocycles. The van der Waals surface area contributed by atoms with Crippen LogP contribution in [-0.4, -0.2) is 34.4 Å². The minimum Gasteiger partial charge on any atom is -0.480 e. The van der Waals surface area contributed by atoms with Crippen molar-refractivity contribution >= 4 is 38.0 Å². The number of hydrogen-bond acceptors (Lipinski definition) is 5. The summed E-state index contributed by atoms with van der Waals surface area (Å²) >= 11 is 0. The summed E-state index contributed by atoms with van der Waals surface area (Å²) in [6, 6.07) is 7.80. The fraction of sp³-hybridized carbons (Fsp3) is 0.381. The number of carbonyl (C=O) groups is 3. The van der Waals surface area contributed by atoms with Gasteiger partial charge in [-0.05, 0) is 41.8 Å². The monoisotopic (exact) mass is 430 g/mol. The highest BCUT2D eigenvalue weighted by molar-refractivity contribution is 7.27. The summed E-state index contributed by atoms with van der Waals surface area (Å²) in [6.45, 7) is -0.460. The van der Waals surface area contributed by atoms with Crippen molar-refractivity contribution in [3.8, 4) is 0 Å². The Labute approximate surface area is 177 Å². The number of aliphatic carboxylic acids is 1. The second kappa shape index (κ2) is 9.87. The van der Waals surface area contributed by atoms with Crippen molar-refractivity contribution in [1.82, 2.24) is 15.6 Å². The summed E-state index contributed by atoms with van der Waals surface area (Å²) in [5.74, 6) is 4.65. The average Bonchev–Trinajstić information content (AvgIpc) is 2.73. The van der Waals surface area contributed by atoms with Crippen LogP contribution in [0.25, 0.3) is 5.70 Å². The smallest absolute Gasteiger partial charge is 0.322 e. The standard InChI is InChI=1S/C21H27N4O4P/c22-25-16(9-10-17(26)23-12-18(27)28)24-20(14-7-4-8-15(30)11-14)19(21(25)29)13-5-2-1-3-6-13/h4,7-9,11,13,24H,1-3,5-6,10,12,22,30H2,(H,23,26)(H,27,28)/b16-9-. The Morgan fingerprint density at radius 3 is 2.70 bits per heavy atom. The van der Waals surface area contributed by atoms with Crippen LogP contribution in [0.3, 0.4) is 0 Å². The molecule has 0 radical (unpaired) electrons. The van der Waals surface area contributed by atoms with Crippen molar-refractivity contribution in [2.45, 2.75) is 38.5 Å². The van der Waals surface area contributed by atoms with Crippen molar-refractivity contribution < 1.29 is 19.5 Å². The van der Waals surface area contributed by atoms with Gasteiger partial charge in [0.25, 0.3) is 5.91 Å². The summed E-state index contributed by atoms with van der Waals surface area (Å²) in [5.41, 5.74) is 2.28. The molecule has 0 saturated heterocycles. The summed E-state index contributed by atoms with van der Waals surface area (Å²) < 4.78 is 0. The summed E-state index contributed by atoms with van der Waals surface area (Å²) in [6.07, 6.45) is 6.60. The van der Waals surface area contributed by atoms with Crippen molar-refractivity contribution in [2.24, 2.45) is 11.8 Å². The summed E-state index contributed by atoms with van der Waals surface area (Å²) in [5, 5.41) is 16.3. The van der Waals surface area contributed by atoms with Gasteiger partial charge >= 0.3 is 5.97 Å². The number of nitrogens with two attached hydrogens (primary N) is 1. The van der Waals surface area contributed by atoms with Gasteiger partial charge in [0, 0.05) is 12.0 Å². The van der Waals surface area contributed by atoms with E-state index in [0.717, 1.165) is 47.3 Å². The lowest BCUT2D eigenvalue weighted by atomic mass is 9.81. The Bertz CT molecular complexity index is 906. The first-order valence-electron chi connectivity index (χ1n) is 10.0. The third-order valence-corrected chi connectivity index (χ3v) is 5.70. The molecule has 1 unspecified atom stereocenters. The fourth-order valence-corrected chi connectivity index (χ4v) is 4.17. The maximum absolute atomic E-state index is 13.2. The molecule has 1 aromatic rings. The topological polar surface area (TPSA) is 125 Å². The van der Waals surface area contributed by atoms with Gasteiger partial charge in [-0.1, -0.05) is 37.5 Å². The number of hydrogen-bond donors (Lipinski definition) is 4. The van der Waals surface area contributed by atoms with Crippen molar-refractivity contribution in [3.63, 3.8) is 0 Å². The average molecular weight is 430 g/mol. The van der Waals surface area contributed by atoms with E-state index in [2.05, 4.69) is 19.9 Å². The zero-order valence-corrected chi connectivity index (χ0v) is 17.8. The van der Waals surface area contributed by atoms with Gasteiger partial charge in [-0.15, -0.1) is 9.24 Å². The Kier molecular flexibility index (Phi) is 7.24. The molecule has 8 nitrogen and oxygen atoms in total. The normalized spacial score (nSPS) is 19.1. The first-order valence-corrected chi connectivity index (χ1v) is 10.6. The third-order valence-electron chi connectivity index (χ3n) is 5.34. The highest BCUT2D eigenvalue weighted by Gasteiger charge is 2.34. The lowest BCUT2D eigenvalue weighted by molar-refractivity contribution is -0.137. The minimum absolute atomic E-state index is 0.105. The van der Waals surface area contributed by atoms with Crippen LogP contribution in [0.1, 0.15) is 44.1 Å². The molecule has 5 N–H and O–H groups in total. The maximum atomic E-state index is 13.2. The summed E-state index contributed by atoms with van der Waals surface area (Å²) in [4.78, 5) is 35.7. The van der Waals surface area contributed by atoms with Crippen LogP contribution in [0.5, 0.6) is 0 Å². The number of benzene rings is 1. The van der Waals surface area contributed by atoms with Crippen LogP contribution in [0, 0.1) is 5.92 Å². The minimum atomic E-state index is -1.12. The van der Waals surface area contributed by atoms with Gasteiger partial charge in [0.1, 0.15) is 12.4 Å². The quantitative estimate of drug-likeness (QED) is 0.306. The number of nitrogens with one attached hydrogen (secondary N) is 2. The zero-order valence-electron chi connectivity index (χ0n) is 16.7. The van der Waals surface area contributed by atoms with Crippen LogP contribution in [-0.2, 0) is 14.4 Å². The van der Waals surface area contributed by atoms with Gasteiger partial charge in [0.2, 0.25) is 5.91 Å². The molecule has 3 rings (SSSR count). The Morgan fingerprint density at radius 2 is 2.03 bits per heavy atom. The molecule has 1 saturated carbocycles. The molecule has 1 heterocycles. The van der Waals surface area contributed by atoms with Crippen LogP contribution < -0.4 is 21.8 Å². The molecule has 9 heteroatoms. The van der Waals surface area contributed by atoms with Gasteiger partial charge in [0.15, 0.2) is 0 Å². The number of nitrogens with zero attached hydrogens (tertiary/aromatic N) is 1. The van der Waals surface area contributed by atoms with Crippen molar-refractivity contribution in [3.05, 3.63) is 47.3 Å². The second-order valence-electron chi connectivity index (χ2n) is 7.51. The van der Waals surface area contributed by atoms with Crippen molar-refractivity contribution in [1.29, 1.82) is 0 Å². The van der Waals surface area contributed by atoms with E-state index in [4.69, 9.17) is 10.9 Å². The fourth-order valence-electron chi connectivity index (χ4n) is 3.88. The van der Waals surface area contributed by atoms with E-state index in [0.29, 0.717) is 11.4 Å². The molecule has 0 aromatic heterocycles. The highest BCUT2D eigenvalue weighted by atomic mass is 31.0. The van der Waals surface area contributed by atoms with Gasteiger partial charge in [-0.25, -0.2) is 10.9 Å². The van der Waals surface area contributed by atoms with E-state index in [9.17, 15) is 14.4 Å². The van der Waals surface area contributed by atoms with Gasteiger partial charge in [-0.2, -0.15) is 0 Å². The third kappa shape index (κ3) is 5.26. The van der Waals surface area contributed by atoms with Crippen LogP contribution in [0.4, 0.5) is 0 Å². The zero-order chi connectivity index (χ0) is 21.7. The Hall–Kier alpha value is -2.70. The maximum Gasteiger partial charge on any atom is 0.322 e. The van der Waals surface area contributed by atoms with Gasteiger partial charge in [0.05, 0.1) is 5.70 Å². The van der Waals surface area contributed by atoms with Gasteiger partial charge < -0.3 is 15.7 Å². The first kappa shape index (κ1) is 22.0. The number of hydrazine groups is 1. The number of amides is 2. The largest absolute Gasteiger partial charge is 0.480 e. The lowest BCUT2D eigenvalue weighted by Gasteiger charge is -2.35. The molecule has 2 amide bonds. The number of carboxylic acid groups (broad SMARTS) is 1. The van der Waals surface area contributed by atoms with Crippen molar-refractivity contribution in [2.75, 3.05) is 6.54 Å². The van der Waals surface area contributed by atoms with E-state index in [1.54, 1.807) is 0 Å². The predicted molar refractivity (Wildman–Crippen MR) is 117 cm³/mol. The SMILES string of the molecule is NN1C(=O)C(C2CCCCC2)=C(c2cccc(P)c2)N/C1=C/CC(=O)NCC(=O)O. The van der Waals surface area contributed by atoms with Crippen LogP contribution >= 0.6 is 9.24 Å². The van der Waals surface area contributed by atoms with E-state index in [1.165, 1.54) is 12.5 Å². The molecule has 160 valence electrons. The van der Waals surface area contributed by atoms with E-state index < -0.39 is 18.4 Å². The molecule has 1 aliphatic carbocycles. The Balaban J connectivity index is 1.93. The molecular formula is C21H27N4O4P. The first-order chi connectivity index (χ1) is 14.4. The summed E-state index contributed by atoms with van der Waals surface area (Å²) in [7, 11) is 2.65. The number of carboxylic acids is 1. The predicted octanol–water partition coefficient (Wildman–Crippen LogP) is 1.22. The molecule has 30 heavy (non-hydrogen) atoms. The van der Waals surface area contributed by atoms with E-state index >= 15 is 0 Å². The number of carbonyl (C=O) groups excluding carboxylic acids is 2. The van der Waals surface area contributed by atoms with Crippen LogP contribution in [0.15, 0.2) is 41.7 Å². The van der Waals surface area contributed by atoms with Gasteiger partial charge in [-0.3, -0.25) is 14.4 Å². The highest BCUT2D eigenvalue weighted by Crippen LogP contribution is 2.36. The molecule has 0 bridgehead atoms. The molecule has 1 fully saturated rings. The molecule has 0 spiro atoms. The molecular weight excluding hydrogens is 403 g/mol. The number of rotatable bonds is 6. The van der Waals surface area contributed by atoms with Crippen LogP contribution in [0.2, 0.25) is 0 Å². The van der Waals surface area contributed by atoms with E-state index in [-0.39, 0.29) is 18.2 Å². The Morgan fingerprint density at radius 1 is 1.30 bits per heavy atom. The second-order valence-corrected chi connectivity index (χ2v) is 8.18. The van der Waals surface area contributed by atoms with E-state index in [1.807, 2.05) is 24.3 Å².